The summed E-state index contributed by atoms with van der Waals surface area (Å²) >= 11 is 0. The molecule has 0 aromatic carbocycles. The minimum atomic E-state index is -4.30. The molecule has 0 amide bonds. The predicted octanol–water partition coefficient (Wildman–Crippen LogP) is 2.37. The van der Waals surface area contributed by atoms with Crippen LogP contribution in [0.2, 0.25) is 0 Å². The van der Waals surface area contributed by atoms with Crippen LogP contribution in [0.15, 0.2) is 0 Å². The maximum Gasteiger partial charge on any atom is 0.389 e. The van der Waals surface area contributed by atoms with E-state index in [-0.39, 0.29) is 18.4 Å². The molecule has 1 N–H and O–H groups in total. The van der Waals surface area contributed by atoms with E-state index in [0.29, 0.717) is 6.54 Å². The number of piperidine rings is 1. The minimum absolute atomic E-state index is 0.234. The number of nitrogens with zero attached hydrogens (tertiary/aromatic N) is 1. The van der Waals surface area contributed by atoms with Crippen LogP contribution in [-0.4, -0.2) is 50.3 Å². The van der Waals surface area contributed by atoms with Crippen molar-refractivity contribution in [1.29, 1.82) is 0 Å². The Bertz CT molecular complexity index is 404. The van der Waals surface area contributed by atoms with Gasteiger partial charge in [0.15, 0.2) is 0 Å². The Labute approximate surface area is 125 Å². The van der Waals surface area contributed by atoms with E-state index in [1.807, 2.05) is 0 Å². The molecule has 0 aromatic heterocycles. The second kappa shape index (κ2) is 7.78. The Hall–Kier alpha value is -0.340. The molecule has 1 aliphatic heterocycles. The third-order valence-corrected chi connectivity index (χ3v) is 5.72. The second-order valence-electron chi connectivity index (χ2n) is 5.91. The van der Waals surface area contributed by atoms with Gasteiger partial charge >= 0.3 is 6.18 Å². The average Bonchev–Trinajstić information content (AvgIpc) is 2.34. The summed E-state index contributed by atoms with van der Waals surface area (Å²) < 4.78 is 62.3. The molecule has 1 saturated heterocycles. The van der Waals surface area contributed by atoms with Gasteiger partial charge in [-0.1, -0.05) is 0 Å². The van der Waals surface area contributed by atoms with Crippen LogP contribution in [0, 0.1) is 5.92 Å². The monoisotopic (exact) mass is 330 g/mol. The van der Waals surface area contributed by atoms with E-state index in [0.717, 1.165) is 25.9 Å². The highest BCUT2D eigenvalue weighted by molar-refractivity contribution is 7.89. The molecule has 21 heavy (non-hydrogen) atoms. The Kier molecular flexibility index (Phi) is 6.93. The lowest BCUT2D eigenvalue weighted by Gasteiger charge is -2.32. The standard InChI is InChI=1S/C13H25F3N2O2S/c1-11(2)18(10-12-5-3-7-17-9-12)21(19,20)8-4-6-13(14,15)16/h11-12,17H,3-10H2,1-2H3. The van der Waals surface area contributed by atoms with E-state index in [2.05, 4.69) is 5.32 Å². The molecular formula is C13H25F3N2O2S. The van der Waals surface area contributed by atoms with E-state index < -0.39 is 28.4 Å². The van der Waals surface area contributed by atoms with Crippen molar-refractivity contribution >= 4 is 10.0 Å². The van der Waals surface area contributed by atoms with Crippen LogP contribution in [0.25, 0.3) is 0 Å². The van der Waals surface area contributed by atoms with Crippen LogP contribution in [0.3, 0.4) is 0 Å². The number of nitrogens with one attached hydrogen (secondary N) is 1. The summed E-state index contributed by atoms with van der Waals surface area (Å²) in [5, 5.41) is 3.22. The second-order valence-corrected chi connectivity index (χ2v) is 7.95. The van der Waals surface area contributed by atoms with Gasteiger partial charge in [-0.2, -0.15) is 17.5 Å². The van der Waals surface area contributed by atoms with E-state index in [1.54, 1.807) is 13.8 Å². The van der Waals surface area contributed by atoms with E-state index >= 15 is 0 Å². The Morgan fingerprint density at radius 3 is 2.48 bits per heavy atom. The zero-order valence-electron chi connectivity index (χ0n) is 12.6. The highest BCUT2D eigenvalue weighted by Crippen LogP contribution is 2.23. The zero-order valence-corrected chi connectivity index (χ0v) is 13.4. The highest BCUT2D eigenvalue weighted by Gasteiger charge is 2.31. The first-order valence-corrected chi connectivity index (χ1v) is 9.00. The smallest absolute Gasteiger partial charge is 0.316 e. The number of hydrogen-bond donors (Lipinski definition) is 1. The molecule has 126 valence electrons. The first-order chi connectivity index (χ1) is 9.62. The molecular weight excluding hydrogens is 305 g/mol. The fourth-order valence-corrected chi connectivity index (χ4v) is 4.38. The van der Waals surface area contributed by atoms with Gasteiger partial charge in [0.25, 0.3) is 0 Å². The van der Waals surface area contributed by atoms with Crippen molar-refractivity contribution in [2.24, 2.45) is 5.92 Å². The van der Waals surface area contributed by atoms with Crippen molar-refractivity contribution in [2.75, 3.05) is 25.4 Å². The van der Waals surface area contributed by atoms with Gasteiger partial charge in [-0.05, 0) is 52.1 Å². The van der Waals surface area contributed by atoms with Gasteiger partial charge in [-0.15, -0.1) is 0 Å². The maximum atomic E-state index is 12.3. The van der Waals surface area contributed by atoms with Gasteiger partial charge in [-0.25, -0.2) is 8.42 Å². The van der Waals surface area contributed by atoms with Crippen LogP contribution >= 0.6 is 0 Å². The molecule has 8 heteroatoms. The Morgan fingerprint density at radius 1 is 1.33 bits per heavy atom. The van der Waals surface area contributed by atoms with Crippen LogP contribution in [0.4, 0.5) is 13.2 Å². The summed E-state index contributed by atoms with van der Waals surface area (Å²) in [6, 6.07) is -0.234. The third kappa shape index (κ3) is 6.97. The lowest BCUT2D eigenvalue weighted by atomic mass is 9.99. The van der Waals surface area contributed by atoms with Crippen molar-refractivity contribution < 1.29 is 21.6 Å². The normalized spacial score (nSPS) is 21.2. The number of alkyl halides is 3. The van der Waals surface area contributed by atoms with Gasteiger partial charge in [0, 0.05) is 19.0 Å². The number of sulfonamides is 1. The average molecular weight is 330 g/mol. The highest BCUT2D eigenvalue weighted by atomic mass is 32.2. The predicted molar refractivity (Wildman–Crippen MR) is 76.5 cm³/mol. The fourth-order valence-electron chi connectivity index (χ4n) is 2.55. The topological polar surface area (TPSA) is 49.4 Å². The van der Waals surface area contributed by atoms with Crippen molar-refractivity contribution in [2.45, 2.75) is 51.7 Å². The largest absolute Gasteiger partial charge is 0.389 e. The zero-order chi connectivity index (χ0) is 16.1. The van der Waals surface area contributed by atoms with Gasteiger partial charge in [0.1, 0.15) is 0 Å². The van der Waals surface area contributed by atoms with E-state index in [4.69, 9.17) is 0 Å². The molecule has 0 aromatic rings. The molecule has 0 spiro atoms. The number of hydrogen-bond acceptors (Lipinski definition) is 3. The lowest BCUT2D eigenvalue weighted by Crippen LogP contribution is -2.45. The van der Waals surface area contributed by atoms with Crippen LogP contribution in [0.1, 0.15) is 39.5 Å². The van der Waals surface area contributed by atoms with Crippen LogP contribution in [0.5, 0.6) is 0 Å². The third-order valence-electron chi connectivity index (χ3n) is 3.63. The summed E-state index contributed by atoms with van der Waals surface area (Å²) in [6.07, 6.45) is -3.77. The Morgan fingerprint density at radius 2 is 2.00 bits per heavy atom. The van der Waals surface area contributed by atoms with Crippen molar-refractivity contribution in [3.05, 3.63) is 0 Å². The van der Waals surface area contributed by atoms with Gasteiger partial charge in [0.05, 0.1) is 5.75 Å². The summed E-state index contributed by atoms with van der Waals surface area (Å²) in [5.41, 5.74) is 0. The molecule has 1 unspecified atom stereocenters. The summed E-state index contributed by atoms with van der Waals surface area (Å²) in [4.78, 5) is 0. The van der Waals surface area contributed by atoms with E-state index in [1.165, 1.54) is 4.31 Å². The van der Waals surface area contributed by atoms with Gasteiger partial charge < -0.3 is 5.32 Å². The van der Waals surface area contributed by atoms with Crippen LogP contribution < -0.4 is 5.32 Å². The van der Waals surface area contributed by atoms with Crippen molar-refractivity contribution in [3.63, 3.8) is 0 Å². The summed E-state index contributed by atoms with van der Waals surface area (Å²) in [7, 11) is -3.64. The van der Waals surface area contributed by atoms with Crippen molar-refractivity contribution in [1.82, 2.24) is 9.62 Å². The molecule has 4 nitrogen and oxygen atoms in total. The van der Waals surface area contributed by atoms with E-state index in [9.17, 15) is 21.6 Å². The summed E-state index contributed by atoms with van der Waals surface area (Å²) in [5.74, 6) is -0.205. The molecule has 1 fully saturated rings. The first kappa shape index (κ1) is 18.7. The Balaban J connectivity index is 2.60. The van der Waals surface area contributed by atoms with Gasteiger partial charge in [0.2, 0.25) is 10.0 Å². The minimum Gasteiger partial charge on any atom is -0.316 e. The number of rotatable bonds is 7. The molecule has 1 rings (SSSR count). The lowest BCUT2D eigenvalue weighted by molar-refractivity contribution is -0.134. The number of halogens is 3. The maximum absolute atomic E-state index is 12.3. The summed E-state index contributed by atoms with van der Waals surface area (Å²) in [6.45, 7) is 5.62. The van der Waals surface area contributed by atoms with Crippen molar-refractivity contribution in [3.8, 4) is 0 Å². The molecule has 0 bridgehead atoms. The fraction of sp³-hybridized carbons (Fsp3) is 1.00. The molecule has 1 atom stereocenters. The quantitative estimate of drug-likeness (QED) is 0.780. The van der Waals surface area contributed by atoms with Crippen LogP contribution in [-0.2, 0) is 10.0 Å². The molecule has 0 aliphatic carbocycles. The van der Waals surface area contributed by atoms with Gasteiger partial charge in [-0.3, -0.25) is 0 Å². The molecule has 0 radical (unpaired) electrons. The molecule has 1 aliphatic rings. The molecule has 1 heterocycles. The molecule has 0 saturated carbocycles. The first-order valence-electron chi connectivity index (χ1n) is 7.39. The SMILES string of the molecule is CC(C)N(CC1CCCNC1)S(=O)(=O)CCCC(F)(F)F.